The Balaban J connectivity index is 3.44. The molecule has 0 saturated heterocycles. The Bertz CT molecular complexity index is 427. The van der Waals surface area contributed by atoms with Crippen molar-refractivity contribution in [3.8, 4) is 0 Å². The van der Waals surface area contributed by atoms with E-state index in [0.29, 0.717) is 6.61 Å². The summed E-state index contributed by atoms with van der Waals surface area (Å²) >= 11 is 0. The number of ether oxygens (including phenoxy) is 1. The molecule has 0 aromatic rings. The van der Waals surface area contributed by atoms with E-state index < -0.39 is 0 Å². The van der Waals surface area contributed by atoms with E-state index in [4.69, 9.17) is 4.74 Å². The summed E-state index contributed by atoms with van der Waals surface area (Å²) in [5, 5.41) is 0. The van der Waals surface area contributed by atoms with Crippen LogP contribution in [0.4, 0.5) is 0 Å². The third-order valence-corrected chi connectivity index (χ3v) is 3.90. The highest BCUT2D eigenvalue weighted by atomic mass is 16.5. The van der Waals surface area contributed by atoms with Gasteiger partial charge in [-0.15, -0.1) is 0 Å². The highest BCUT2D eigenvalue weighted by Gasteiger charge is 2.02. The van der Waals surface area contributed by atoms with Crippen molar-refractivity contribution < 1.29 is 9.53 Å². The zero-order chi connectivity index (χ0) is 18.6. The number of unbranched alkanes of at least 4 members (excludes halogenated alkanes) is 6. The Kier molecular flexibility index (Phi) is 17.6. The molecule has 0 aliphatic heterocycles. The van der Waals surface area contributed by atoms with E-state index in [-0.39, 0.29) is 5.97 Å². The fourth-order valence-corrected chi connectivity index (χ4v) is 2.41. The van der Waals surface area contributed by atoms with Gasteiger partial charge in [0.15, 0.2) is 0 Å². The van der Waals surface area contributed by atoms with Crippen LogP contribution in [0.2, 0.25) is 0 Å². The Labute approximate surface area is 155 Å². The molecule has 0 spiro atoms. The van der Waals surface area contributed by atoms with Gasteiger partial charge >= 0.3 is 5.97 Å². The maximum Gasteiger partial charge on any atom is 0.333 e. The van der Waals surface area contributed by atoms with Gasteiger partial charge < -0.3 is 4.74 Å². The first-order valence-corrected chi connectivity index (χ1v) is 10.0. The number of allylic oxidation sites excluding steroid dienone is 7. The van der Waals surface area contributed by atoms with Gasteiger partial charge in [0, 0.05) is 5.57 Å². The van der Waals surface area contributed by atoms with E-state index in [1.165, 1.54) is 32.1 Å². The van der Waals surface area contributed by atoms with Crippen LogP contribution in [0.25, 0.3) is 0 Å². The molecule has 0 unspecified atom stereocenters. The molecule has 2 heteroatoms. The molecule has 0 aliphatic rings. The Hall–Kier alpha value is -1.57. The van der Waals surface area contributed by atoms with Crippen LogP contribution in [-0.2, 0) is 9.53 Å². The third kappa shape index (κ3) is 17.1. The predicted molar refractivity (Wildman–Crippen MR) is 110 cm³/mol. The van der Waals surface area contributed by atoms with Gasteiger partial charge in [0.1, 0.15) is 0 Å². The number of rotatable bonds is 15. The molecule has 0 radical (unpaired) electrons. The predicted octanol–water partition coefficient (Wildman–Crippen LogP) is 7.09. The molecule has 0 aliphatic carbocycles. The summed E-state index contributed by atoms with van der Waals surface area (Å²) in [6.45, 7) is 6.28. The fourth-order valence-electron chi connectivity index (χ4n) is 2.41. The van der Waals surface area contributed by atoms with Gasteiger partial charge in [0.05, 0.1) is 6.61 Å². The molecular formula is C23H38O2. The van der Waals surface area contributed by atoms with E-state index in [2.05, 4.69) is 43.4 Å². The number of esters is 1. The van der Waals surface area contributed by atoms with Gasteiger partial charge in [0.2, 0.25) is 0 Å². The van der Waals surface area contributed by atoms with Crippen molar-refractivity contribution in [1.29, 1.82) is 0 Å². The van der Waals surface area contributed by atoms with Crippen molar-refractivity contribution in [2.45, 2.75) is 85.0 Å². The Morgan fingerprint density at radius 1 is 0.760 bits per heavy atom. The van der Waals surface area contributed by atoms with E-state index in [9.17, 15) is 4.79 Å². The maximum atomic E-state index is 11.4. The van der Waals surface area contributed by atoms with Crippen molar-refractivity contribution in [2.75, 3.05) is 6.61 Å². The van der Waals surface area contributed by atoms with Gasteiger partial charge in [-0.25, -0.2) is 4.79 Å². The molecule has 0 rings (SSSR count). The lowest BCUT2D eigenvalue weighted by Gasteiger charge is -2.02. The summed E-state index contributed by atoms with van der Waals surface area (Å²) < 4.78 is 4.96. The van der Waals surface area contributed by atoms with Gasteiger partial charge in [0.25, 0.3) is 0 Å². The first-order chi connectivity index (χ1) is 12.2. The van der Waals surface area contributed by atoms with E-state index >= 15 is 0 Å². The quantitative estimate of drug-likeness (QED) is 0.137. The van der Waals surface area contributed by atoms with Crippen LogP contribution in [0, 0.1) is 0 Å². The van der Waals surface area contributed by atoms with Crippen LogP contribution in [-0.4, -0.2) is 12.6 Å². The maximum absolute atomic E-state index is 11.4. The van der Waals surface area contributed by atoms with Crippen LogP contribution in [0.1, 0.15) is 85.0 Å². The molecule has 25 heavy (non-hydrogen) atoms. The third-order valence-electron chi connectivity index (χ3n) is 3.90. The van der Waals surface area contributed by atoms with E-state index in [1.807, 2.05) is 19.9 Å². The summed E-state index contributed by atoms with van der Waals surface area (Å²) in [5.74, 6) is -0.179. The summed E-state index contributed by atoms with van der Waals surface area (Å²) in [7, 11) is 0. The zero-order valence-electron chi connectivity index (χ0n) is 16.6. The highest BCUT2D eigenvalue weighted by molar-refractivity contribution is 5.87. The number of carbonyl (C=O) groups excluding carboxylic acids is 1. The average molecular weight is 347 g/mol. The second-order valence-electron chi connectivity index (χ2n) is 6.25. The fraction of sp³-hybridized carbons (Fsp3) is 0.609. The van der Waals surface area contributed by atoms with Crippen molar-refractivity contribution >= 4 is 5.97 Å². The lowest BCUT2D eigenvalue weighted by molar-refractivity contribution is -0.138. The van der Waals surface area contributed by atoms with Crippen LogP contribution >= 0.6 is 0 Å². The molecule has 0 aromatic heterocycles. The minimum Gasteiger partial charge on any atom is -0.463 e. The molecule has 0 bridgehead atoms. The summed E-state index contributed by atoms with van der Waals surface area (Å²) in [6.07, 6.45) is 27.1. The molecule has 2 nitrogen and oxygen atoms in total. The monoisotopic (exact) mass is 346 g/mol. The molecule has 0 fully saturated rings. The summed E-state index contributed by atoms with van der Waals surface area (Å²) in [5.41, 5.74) is 0.738. The highest BCUT2D eigenvalue weighted by Crippen LogP contribution is 2.09. The molecule has 0 amide bonds. The minimum absolute atomic E-state index is 0.179. The molecule has 0 saturated carbocycles. The van der Waals surface area contributed by atoms with Crippen molar-refractivity contribution in [3.63, 3.8) is 0 Å². The summed E-state index contributed by atoms with van der Waals surface area (Å²) in [4.78, 5) is 11.4. The molecule has 0 aromatic carbocycles. The van der Waals surface area contributed by atoms with Crippen LogP contribution in [0.15, 0.2) is 48.1 Å². The molecule has 142 valence electrons. The van der Waals surface area contributed by atoms with Crippen molar-refractivity contribution in [1.82, 2.24) is 0 Å². The Morgan fingerprint density at radius 2 is 1.32 bits per heavy atom. The average Bonchev–Trinajstić information content (AvgIpc) is 2.61. The van der Waals surface area contributed by atoms with Gasteiger partial charge in [-0.2, -0.15) is 0 Å². The van der Waals surface area contributed by atoms with Gasteiger partial charge in [-0.1, -0.05) is 68.7 Å². The van der Waals surface area contributed by atoms with Crippen molar-refractivity contribution in [2.24, 2.45) is 0 Å². The second-order valence-corrected chi connectivity index (χ2v) is 6.25. The molecule has 0 heterocycles. The lowest BCUT2D eigenvalue weighted by atomic mass is 10.1. The summed E-state index contributed by atoms with van der Waals surface area (Å²) in [6, 6.07) is 0. The number of hydrogen-bond acceptors (Lipinski definition) is 2. The van der Waals surface area contributed by atoms with E-state index in [0.717, 1.165) is 37.7 Å². The number of carbonyl (C=O) groups is 1. The van der Waals surface area contributed by atoms with Crippen molar-refractivity contribution in [3.05, 3.63) is 48.1 Å². The smallest absolute Gasteiger partial charge is 0.333 e. The Morgan fingerprint density at radius 3 is 1.96 bits per heavy atom. The lowest BCUT2D eigenvalue weighted by Crippen LogP contribution is -2.04. The first-order valence-electron chi connectivity index (χ1n) is 10.0. The largest absolute Gasteiger partial charge is 0.463 e. The van der Waals surface area contributed by atoms with Crippen LogP contribution in [0.5, 0.6) is 0 Å². The normalized spacial score (nSPS) is 12.7. The molecular weight excluding hydrogens is 308 g/mol. The first kappa shape index (κ1) is 23.4. The topological polar surface area (TPSA) is 26.3 Å². The van der Waals surface area contributed by atoms with Gasteiger partial charge in [-0.3, -0.25) is 0 Å². The standard InChI is InChI=1S/C23H38O2/c1-4-6-7-8-9-10-11-12-13-14-15-16-17-18-19-20-21-22(3)23(24)25-5-2/h6-7,9-10,12-13,21H,4-5,8,11,14-20H2,1-3H3/b7-6-,10-9-,13-12-,22-21+. The van der Waals surface area contributed by atoms with Gasteiger partial charge in [-0.05, 0) is 58.8 Å². The molecule has 0 atom stereocenters. The second kappa shape index (κ2) is 18.8. The number of hydrogen-bond donors (Lipinski definition) is 0. The van der Waals surface area contributed by atoms with E-state index in [1.54, 1.807) is 0 Å². The van der Waals surface area contributed by atoms with Crippen LogP contribution < -0.4 is 0 Å². The zero-order valence-corrected chi connectivity index (χ0v) is 16.6. The molecule has 0 N–H and O–H groups in total. The minimum atomic E-state index is -0.179. The van der Waals surface area contributed by atoms with Crippen LogP contribution in [0.3, 0.4) is 0 Å². The SMILES string of the molecule is CC/C=C\C/C=C\C/C=C\CCCCCCC/C=C(\C)C(=O)OCC.